The van der Waals surface area contributed by atoms with Gasteiger partial charge >= 0.3 is 0 Å². The van der Waals surface area contributed by atoms with Gasteiger partial charge in [-0.1, -0.05) is 24.8 Å². The predicted octanol–water partition coefficient (Wildman–Crippen LogP) is 4.99. The number of nitrogens with zero attached hydrogens (tertiary/aromatic N) is 4. The zero-order valence-corrected chi connectivity index (χ0v) is 18.4. The number of thiophene rings is 1. The normalized spacial score (nSPS) is 15.1. The topological polar surface area (TPSA) is 59.0 Å². The number of likely N-dealkylation sites (tertiary alicyclic amines) is 1. The fraction of sp³-hybridized carbons (Fsp3) is 0.400. The van der Waals surface area contributed by atoms with Gasteiger partial charge in [0.1, 0.15) is 15.7 Å². The van der Waals surface area contributed by atoms with E-state index in [4.69, 9.17) is 0 Å². The lowest BCUT2D eigenvalue weighted by molar-refractivity contribution is -0.129. The molecule has 0 aliphatic carbocycles. The number of piperidine rings is 1. The molecule has 0 saturated carbocycles. The number of rotatable bonds is 5. The Morgan fingerprint density at radius 1 is 1.25 bits per heavy atom. The molecule has 1 fully saturated rings. The molecule has 146 valence electrons. The Morgan fingerprint density at radius 3 is 2.75 bits per heavy atom. The van der Waals surface area contributed by atoms with Crippen LogP contribution in [-0.2, 0) is 4.79 Å². The zero-order valence-electron chi connectivity index (χ0n) is 15.9. The quantitative estimate of drug-likeness (QED) is 0.534. The predicted molar refractivity (Wildman–Crippen MR) is 117 cm³/mol. The maximum Gasteiger partial charge on any atom is 0.232 e. The lowest BCUT2D eigenvalue weighted by atomic mass is 9.99. The fourth-order valence-electron chi connectivity index (χ4n) is 3.14. The highest BCUT2D eigenvalue weighted by Crippen LogP contribution is 2.36. The van der Waals surface area contributed by atoms with Crippen LogP contribution in [0.1, 0.15) is 25.5 Å². The molecular weight excluding hydrogens is 408 g/mol. The third-order valence-electron chi connectivity index (χ3n) is 4.88. The van der Waals surface area contributed by atoms with Crippen LogP contribution >= 0.6 is 34.4 Å². The van der Waals surface area contributed by atoms with Crippen molar-refractivity contribution in [3.8, 4) is 20.5 Å². The Labute approximate surface area is 177 Å². The van der Waals surface area contributed by atoms with Crippen molar-refractivity contribution >= 4 is 40.3 Å². The monoisotopic (exact) mass is 430 g/mol. The van der Waals surface area contributed by atoms with Crippen molar-refractivity contribution in [2.24, 2.45) is 5.92 Å². The summed E-state index contributed by atoms with van der Waals surface area (Å²) in [4.78, 5) is 21.2. The molecule has 0 aromatic carbocycles. The third-order valence-corrected chi connectivity index (χ3v) is 8.00. The second kappa shape index (κ2) is 8.71. The molecule has 3 aromatic rings. The van der Waals surface area contributed by atoms with Crippen molar-refractivity contribution in [3.63, 3.8) is 0 Å². The number of amides is 1. The van der Waals surface area contributed by atoms with Crippen LogP contribution in [0.2, 0.25) is 0 Å². The van der Waals surface area contributed by atoms with Crippen molar-refractivity contribution in [1.82, 2.24) is 20.1 Å². The van der Waals surface area contributed by atoms with Crippen LogP contribution in [0.15, 0.2) is 34.7 Å². The van der Waals surface area contributed by atoms with Crippen molar-refractivity contribution < 1.29 is 4.79 Å². The van der Waals surface area contributed by atoms with Gasteiger partial charge in [-0.2, -0.15) is 0 Å². The lowest BCUT2D eigenvalue weighted by Crippen LogP contribution is -2.38. The number of thiazole rings is 1. The van der Waals surface area contributed by atoms with Gasteiger partial charge in [0.15, 0.2) is 0 Å². The van der Waals surface area contributed by atoms with Crippen LogP contribution in [0.3, 0.4) is 0 Å². The van der Waals surface area contributed by atoms with Crippen LogP contribution < -0.4 is 0 Å². The summed E-state index contributed by atoms with van der Waals surface area (Å²) in [6.45, 7) is 6.01. The van der Waals surface area contributed by atoms with Gasteiger partial charge in [-0.25, -0.2) is 4.98 Å². The molecule has 1 aliphatic heterocycles. The second-order valence-electron chi connectivity index (χ2n) is 7.02. The van der Waals surface area contributed by atoms with Crippen LogP contribution in [-0.4, -0.2) is 44.8 Å². The maximum atomic E-state index is 12.4. The average Bonchev–Trinajstić information content (AvgIpc) is 3.37. The highest BCUT2D eigenvalue weighted by Gasteiger charge is 2.20. The molecule has 0 N–H and O–H groups in total. The SMILES string of the molecule is Cc1nc(-c2cccs2)sc1-c1ccc(SCC(=O)N2CCC(C)CC2)nn1. The Hall–Kier alpha value is -1.77. The first-order valence-electron chi connectivity index (χ1n) is 9.36. The first-order chi connectivity index (χ1) is 13.6. The number of carbonyl (C=O) groups excluding carboxylic acids is 1. The molecule has 28 heavy (non-hydrogen) atoms. The van der Waals surface area contributed by atoms with Gasteiger partial charge in [-0.3, -0.25) is 4.79 Å². The van der Waals surface area contributed by atoms with E-state index in [-0.39, 0.29) is 5.91 Å². The summed E-state index contributed by atoms with van der Waals surface area (Å²) in [5.41, 5.74) is 1.80. The highest BCUT2D eigenvalue weighted by molar-refractivity contribution is 7.99. The molecule has 4 rings (SSSR count). The minimum atomic E-state index is 0.196. The van der Waals surface area contributed by atoms with Gasteiger partial charge in [0, 0.05) is 13.1 Å². The third kappa shape index (κ3) is 4.45. The Balaban J connectivity index is 1.38. The summed E-state index contributed by atoms with van der Waals surface area (Å²) in [5, 5.41) is 12.6. The number of hydrogen-bond acceptors (Lipinski definition) is 7. The summed E-state index contributed by atoms with van der Waals surface area (Å²) < 4.78 is 0. The van der Waals surface area contributed by atoms with Crippen molar-refractivity contribution in [2.75, 3.05) is 18.8 Å². The summed E-state index contributed by atoms with van der Waals surface area (Å²) >= 11 is 4.79. The second-order valence-corrected chi connectivity index (χ2v) is 9.96. The summed E-state index contributed by atoms with van der Waals surface area (Å²) in [6, 6.07) is 8.04. The van der Waals surface area contributed by atoms with Gasteiger partial charge in [0.25, 0.3) is 0 Å². The average molecular weight is 431 g/mol. The molecule has 1 saturated heterocycles. The van der Waals surface area contributed by atoms with Gasteiger partial charge < -0.3 is 4.90 Å². The van der Waals surface area contributed by atoms with Crippen LogP contribution in [0, 0.1) is 12.8 Å². The molecule has 1 amide bonds. The first kappa shape index (κ1) is 19.5. The molecule has 0 bridgehead atoms. The first-order valence-corrected chi connectivity index (χ1v) is 12.0. The molecule has 1 aliphatic rings. The number of hydrogen-bond donors (Lipinski definition) is 0. The van der Waals surface area contributed by atoms with E-state index in [1.54, 1.807) is 22.7 Å². The van der Waals surface area contributed by atoms with Crippen LogP contribution in [0.5, 0.6) is 0 Å². The standard InChI is InChI=1S/C20H22N4OS3/c1-13-7-9-24(10-8-13)18(25)12-27-17-6-5-15(22-23-17)19-14(2)21-20(28-19)16-4-3-11-26-16/h3-6,11,13H,7-10,12H2,1-2H3. The number of aromatic nitrogens is 3. The molecule has 0 unspecified atom stereocenters. The number of thioether (sulfide) groups is 1. The van der Waals surface area contributed by atoms with Gasteiger partial charge in [-0.05, 0) is 49.3 Å². The summed E-state index contributed by atoms with van der Waals surface area (Å²) in [5.74, 6) is 1.34. The molecule has 0 radical (unpaired) electrons. The van der Waals surface area contributed by atoms with E-state index in [9.17, 15) is 4.79 Å². The largest absolute Gasteiger partial charge is 0.342 e. The van der Waals surface area contributed by atoms with Crippen molar-refractivity contribution in [3.05, 3.63) is 35.3 Å². The van der Waals surface area contributed by atoms with E-state index in [0.717, 1.165) is 58.1 Å². The molecule has 8 heteroatoms. The number of carbonyl (C=O) groups is 1. The van der Waals surface area contributed by atoms with E-state index in [0.29, 0.717) is 5.75 Å². The van der Waals surface area contributed by atoms with Crippen molar-refractivity contribution in [2.45, 2.75) is 31.7 Å². The minimum Gasteiger partial charge on any atom is -0.342 e. The Bertz CT molecular complexity index is 929. The smallest absolute Gasteiger partial charge is 0.232 e. The zero-order chi connectivity index (χ0) is 19.5. The maximum absolute atomic E-state index is 12.4. The summed E-state index contributed by atoms with van der Waals surface area (Å²) in [7, 11) is 0. The van der Waals surface area contributed by atoms with E-state index in [2.05, 4.69) is 33.6 Å². The van der Waals surface area contributed by atoms with E-state index in [1.807, 2.05) is 30.0 Å². The van der Waals surface area contributed by atoms with Crippen LogP contribution in [0.25, 0.3) is 20.5 Å². The summed E-state index contributed by atoms with van der Waals surface area (Å²) in [6.07, 6.45) is 2.21. The molecular formula is C20H22N4OS3. The van der Waals surface area contributed by atoms with Crippen LogP contribution in [0.4, 0.5) is 0 Å². The Kier molecular flexibility index (Phi) is 6.08. The number of aryl methyl sites for hydroxylation is 1. The Morgan fingerprint density at radius 2 is 2.07 bits per heavy atom. The van der Waals surface area contributed by atoms with E-state index in [1.165, 1.54) is 16.6 Å². The van der Waals surface area contributed by atoms with Crippen molar-refractivity contribution in [1.29, 1.82) is 0 Å². The van der Waals surface area contributed by atoms with E-state index < -0.39 is 0 Å². The van der Waals surface area contributed by atoms with Gasteiger partial charge in [0.2, 0.25) is 5.91 Å². The lowest BCUT2D eigenvalue weighted by Gasteiger charge is -2.30. The van der Waals surface area contributed by atoms with Gasteiger partial charge in [0.05, 0.1) is 21.2 Å². The van der Waals surface area contributed by atoms with Gasteiger partial charge in [-0.15, -0.1) is 32.9 Å². The molecule has 4 heterocycles. The fourth-order valence-corrected chi connectivity index (χ4v) is 5.69. The highest BCUT2D eigenvalue weighted by atomic mass is 32.2. The molecule has 5 nitrogen and oxygen atoms in total. The minimum absolute atomic E-state index is 0.196. The van der Waals surface area contributed by atoms with E-state index >= 15 is 0 Å². The molecule has 0 atom stereocenters. The molecule has 3 aromatic heterocycles. The molecule has 0 spiro atoms.